The molecule has 0 aliphatic carbocycles. The molecule has 2 rings (SSSR count). The number of amides is 1. The van der Waals surface area contributed by atoms with Crippen molar-refractivity contribution in [2.75, 3.05) is 19.4 Å². The van der Waals surface area contributed by atoms with Crippen LogP contribution in [0.25, 0.3) is 0 Å². The van der Waals surface area contributed by atoms with Gasteiger partial charge in [0.25, 0.3) is 5.91 Å². The van der Waals surface area contributed by atoms with Gasteiger partial charge in [0.2, 0.25) is 0 Å². The number of hydrogen-bond acceptors (Lipinski definition) is 2. The molecule has 0 bridgehead atoms. The third kappa shape index (κ3) is 5.03. The van der Waals surface area contributed by atoms with Crippen molar-refractivity contribution in [3.05, 3.63) is 64.7 Å². The maximum Gasteiger partial charge on any atom is 0.253 e. The van der Waals surface area contributed by atoms with E-state index in [1.165, 1.54) is 16.7 Å². The molecule has 25 heavy (non-hydrogen) atoms. The number of rotatable bonds is 4. The summed E-state index contributed by atoms with van der Waals surface area (Å²) in [4.78, 5) is 13.5. The number of carbonyl (C=O) groups excluding carboxylic acids is 1. The third-order valence-corrected chi connectivity index (χ3v) is 4.39. The van der Waals surface area contributed by atoms with Crippen LogP contribution in [0.1, 0.15) is 40.0 Å². The minimum Gasteiger partial charge on any atom is -0.356 e. The van der Waals surface area contributed by atoms with Crippen molar-refractivity contribution in [1.29, 1.82) is 0 Å². The molecule has 0 radical (unpaired) electrons. The average molecular weight is 356 g/mol. The van der Waals surface area contributed by atoms with E-state index in [1.807, 2.05) is 12.1 Å². The molecule has 0 fully saturated rings. The van der Waals surface area contributed by atoms with E-state index in [1.54, 1.807) is 31.1 Å². The van der Waals surface area contributed by atoms with Gasteiger partial charge in [-0.2, -0.15) is 0 Å². The zero-order valence-corrected chi connectivity index (χ0v) is 16.2. The predicted octanol–water partition coefficient (Wildman–Crippen LogP) is 4.05. The minimum atomic E-state index is -0.0179. The van der Waals surface area contributed by atoms with Gasteiger partial charge in [-0.05, 0) is 73.9 Å². The minimum absolute atomic E-state index is 0.0179. The SMILES string of the molecule is Cc1ccc(C(C)NC(=S)Nc2ccc(C(=O)N(C)C)cc2)cc1C. The third-order valence-electron chi connectivity index (χ3n) is 4.17. The van der Waals surface area contributed by atoms with Crippen molar-refractivity contribution in [3.8, 4) is 0 Å². The number of anilines is 1. The topological polar surface area (TPSA) is 44.4 Å². The van der Waals surface area contributed by atoms with Gasteiger partial charge in [0.05, 0.1) is 6.04 Å². The second kappa shape index (κ2) is 8.12. The monoisotopic (exact) mass is 355 g/mol. The number of benzene rings is 2. The summed E-state index contributed by atoms with van der Waals surface area (Å²) >= 11 is 5.40. The molecule has 132 valence electrons. The molecular formula is C20H25N3OS. The molecule has 1 amide bonds. The lowest BCUT2D eigenvalue weighted by atomic mass is 10.0. The zero-order chi connectivity index (χ0) is 18.6. The first-order valence-corrected chi connectivity index (χ1v) is 8.65. The molecule has 0 aliphatic rings. The zero-order valence-electron chi connectivity index (χ0n) is 15.4. The first-order chi connectivity index (χ1) is 11.8. The summed E-state index contributed by atoms with van der Waals surface area (Å²) in [6, 6.07) is 13.8. The molecule has 0 spiro atoms. The van der Waals surface area contributed by atoms with Crippen molar-refractivity contribution in [2.24, 2.45) is 0 Å². The van der Waals surface area contributed by atoms with Crippen LogP contribution < -0.4 is 10.6 Å². The van der Waals surface area contributed by atoms with E-state index < -0.39 is 0 Å². The fourth-order valence-corrected chi connectivity index (χ4v) is 2.73. The lowest BCUT2D eigenvalue weighted by molar-refractivity contribution is 0.0827. The van der Waals surface area contributed by atoms with E-state index >= 15 is 0 Å². The number of nitrogens with one attached hydrogen (secondary N) is 2. The molecule has 1 atom stereocenters. The number of hydrogen-bond donors (Lipinski definition) is 2. The van der Waals surface area contributed by atoms with Crippen LogP contribution in [-0.2, 0) is 0 Å². The Morgan fingerprint density at radius 2 is 1.68 bits per heavy atom. The summed E-state index contributed by atoms with van der Waals surface area (Å²) in [5.41, 5.74) is 5.24. The largest absolute Gasteiger partial charge is 0.356 e. The molecular weight excluding hydrogens is 330 g/mol. The van der Waals surface area contributed by atoms with Gasteiger partial charge in [-0.1, -0.05) is 18.2 Å². The van der Waals surface area contributed by atoms with Crippen LogP contribution in [0.5, 0.6) is 0 Å². The summed E-state index contributed by atoms with van der Waals surface area (Å²) < 4.78 is 0. The quantitative estimate of drug-likeness (QED) is 0.812. The van der Waals surface area contributed by atoms with Crippen LogP contribution in [0.2, 0.25) is 0 Å². The van der Waals surface area contributed by atoms with Gasteiger partial charge in [0.15, 0.2) is 5.11 Å². The van der Waals surface area contributed by atoms with Gasteiger partial charge < -0.3 is 15.5 Å². The van der Waals surface area contributed by atoms with Crippen molar-refractivity contribution < 1.29 is 4.79 Å². The van der Waals surface area contributed by atoms with Crippen molar-refractivity contribution in [3.63, 3.8) is 0 Å². The molecule has 2 N–H and O–H groups in total. The van der Waals surface area contributed by atoms with Crippen LogP contribution >= 0.6 is 12.2 Å². The highest BCUT2D eigenvalue weighted by Crippen LogP contribution is 2.17. The predicted molar refractivity (Wildman–Crippen MR) is 108 cm³/mol. The van der Waals surface area contributed by atoms with E-state index in [4.69, 9.17) is 12.2 Å². The smallest absolute Gasteiger partial charge is 0.253 e. The van der Waals surface area contributed by atoms with Crippen LogP contribution in [0.4, 0.5) is 5.69 Å². The van der Waals surface area contributed by atoms with Crippen LogP contribution in [0.3, 0.4) is 0 Å². The Balaban J connectivity index is 1.97. The first-order valence-electron chi connectivity index (χ1n) is 8.24. The summed E-state index contributed by atoms with van der Waals surface area (Å²) in [5, 5.41) is 7.00. The molecule has 2 aromatic rings. The molecule has 2 aromatic carbocycles. The lowest BCUT2D eigenvalue weighted by Gasteiger charge is -2.18. The van der Waals surface area contributed by atoms with E-state index in [-0.39, 0.29) is 11.9 Å². The van der Waals surface area contributed by atoms with Gasteiger partial charge >= 0.3 is 0 Å². The second-order valence-electron chi connectivity index (χ2n) is 6.44. The Morgan fingerprint density at radius 3 is 2.24 bits per heavy atom. The van der Waals surface area contributed by atoms with Gasteiger partial charge in [0.1, 0.15) is 0 Å². The van der Waals surface area contributed by atoms with E-state index in [0.717, 1.165) is 5.69 Å². The number of nitrogens with zero attached hydrogens (tertiary/aromatic N) is 1. The highest BCUT2D eigenvalue weighted by atomic mass is 32.1. The average Bonchev–Trinajstić information content (AvgIpc) is 2.57. The van der Waals surface area contributed by atoms with Gasteiger partial charge in [-0.15, -0.1) is 0 Å². The Kier molecular flexibility index (Phi) is 6.15. The van der Waals surface area contributed by atoms with E-state index in [9.17, 15) is 4.79 Å². The number of carbonyl (C=O) groups is 1. The molecule has 1 unspecified atom stereocenters. The van der Waals surface area contributed by atoms with Crippen molar-refractivity contribution in [1.82, 2.24) is 10.2 Å². The maximum absolute atomic E-state index is 11.9. The van der Waals surface area contributed by atoms with Crippen molar-refractivity contribution in [2.45, 2.75) is 26.8 Å². The molecule has 5 heteroatoms. The van der Waals surface area contributed by atoms with Crippen molar-refractivity contribution >= 4 is 28.9 Å². The van der Waals surface area contributed by atoms with Gasteiger partial charge in [-0.25, -0.2) is 0 Å². The fourth-order valence-electron chi connectivity index (χ4n) is 2.44. The molecule has 0 heterocycles. The van der Waals surface area contributed by atoms with Gasteiger partial charge in [-0.3, -0.25) is 4.79 Å². The van der Waals surface area contributed by atoms with Crippen LogP contribution in [0, 0.1) is 13.8 Å². The van der Waals surface area contributed by atoms with Crippen LogP contribution in [-0.4, -0.2) is 30.0 Å². The molecule has 0 aromatic heterocycles. The molecule has 4 nitrogen and oxygen atoms in total. The van der Waals surface area contributed by atoms with Gasteiger partial charge in [0, 0.05) is 25.3 Å². The Bertz CT molecular complexity index is 769. The van der Waals surface area contributed by atoms with Crippen LogP contribution in [0.15, 0.2) is 42.5 Å². The Hall–Kier alpha value is -2.40. The van der Waals surface area contributed by atoms with E-state index in [0.29, 0.717) is 10.7 Å². The maximum atomic E-state index is 11.9. The van der Waals surface area contributed by atoms with E-state index in [2.05, 4.69) is 49.6 Å². The molecule has 0 aliphatic heterocycles. The Morgan fingerprint density at radius 1 is 1.04 bits per heavy atom. The molecule has 0 saturated carbocycles. The number of thiocarbonyl (C=S) groups is 1. The first kappa shape index (κ1) is 18.9. The highest BCUT2D eigenvalue weighted by Gasteiger charge is 2.10. The lowest BCUT2D eigenvalue weighted by Crippen LogP contribution is -2.31. The molecule has 0 saturated heterocycles. The summed E-state index contributed by atoms with van der Waals surface area (Å²) in [5.74, 6) is -0.0179. The summed E-state index contributed by atoms with van der Waals surface area (Å²) in [6.07, 6.45) is 0. The normalized spacial score (nSPS) is 11.6. The Labute approximate surface area is 155 Å². The summed E-state index contributed by atoms with van der Waals surface area (Å²) in [6.45, 7) is 6.30. The standard InChI is InChI=1S/C20H25N3OS/c1-13-6-7-17(12-14(13)2)15(3)21-20(25)22-18-10-8-16(9-11-18)19(24)23(4)5/h6-12,15H,1-5H3,(H2,21,22,25). The second-order valence-corrected chi connectivity index (χ2v) is 6.85. The summed E-state index contributed by atoms with van der Waals surface area (Å²) in [7, 11) is 3.48. The highest BCUT2D eigenvalue weighted by molar-refractivity contribution is 7.80. The number of aryl methyl sites for hydroxylation is 2. The fraction of sp³-hybridized carbons (Fsp3) is 0.300.